The highest BCUT2D eigenvalue weighted by molar-refractivity contribution is 9.10. The van der Waals surface area contributed by atoms with Gasteiger partial charge in [-0.2, -0.15) is 13.2 Å². The Morgan fingerprint density at radius 2 is 1.76 bits per heavy atom. The fourth-order valence-electron chi connectivity index (χ4n) is 2.05. The molecule has 1 N–H and O–H groups in total. The number of halogens is 5. The summed E-state index contributed by atoms with van der Waals surface area (Å²) in [6.07, 6.45) is -5.45. The van der Waals surface area contributed by atoms with Crippen molar-refractivity contribution in [3.05, 3.63) is 68.1 Å². The highest BCUT2D eigenvalue weighted by atomic mass is 79.9. The third kappa shape index (κ3) is 3.59. The SMILES string of the molecule is Cc1cc(C(F)(F)F)ccc1C(O)c1cc(Cl)ccc1Br. The minimum Gasteiger partial charge on any atom is -0.384 e. The van der Waals surface area contributed by atoms with Crippen molar-refractivity contribution in [3.8, 4) is 0 Å². The second kappa shape index (κ2) is 5.99. The largest absolute Gasteiger partial charge is 0.416 e. The molecule has 1 unspecified atom stereocenters. The molecule has 0 bridgehead atoms. The maximum atomic E-state index is 12.7. The highest BCUT2D eigenvalue weighted by Crippen LogP contribution is 2.35. The van der Waals surface area contributed by atoms with Gasteiger partial charge in [-0.1, -0.05) is 33.6 Å². The van der Waals surface area contributed by atoms with Crippen molar-refractivity contribution in [2.45, 2.75) is 19.2 Å². The predicted molar refractivity (Wildman–Crippen MR) is 79.4 cm³/mol. The summed E-state index contributed by atoms with van der Waals surface area (Å²) in [7, 11) is 0. The average molecular weight is 380 g/mol. The summed E-state index contributed by atoms with van der Waals surface area (Å²) >= 11 is 9.19. The molecule has 0 aliphatic carbocycles. The van der Waals surface area contributed by atoms with Crippen molar-refractivity contribution in [1.82, 2.24) is 0 Å². The molecule has 0 saturated carbocycles. The van der Waals surface area contributed by atoms with Crippen molar-refractivity contribution in [2.75, 3.05) is 0 Å². The van der Waals surface area contributed by atoms with E-state index in [4.69, 9.17) is 11.6 Å². The zero-order chi connectivity index (χ0) is 15.8. The van der Waals surface area contributed by atoms with Crippen LogP contribution in [0, 0.1) is 6.92 Å². The van der Waals surface area contributed by atoms with Crippen LogP contribution >= 0.6 is 27.5 Å². The van der Waals surface area contributed by atoms with Gasteiger partial charge in [-0.15, -0.1) is 0 Å². The van der Waals surface area contributed by atoms with E-state index in [0.717, 1.165) is 12.1 Å². The molecule has 2 aromatic rings. The number of rotatable bonds is 2. The molecule has 0 aromatic heterocycles. The average Bonchev–Trinajstić information content (AvgIpc) is 2.39. The smallest absolute Gasteiger partial charge is 0.384 e. The normalized spacial score (nSPS) is 13.3. The summed E-state index contributed by atoms with van der Waals surface area (Å²) in [4.78, 5) is 0. The lowest BCUT2D eigenvalue weighted by molar-refractivity contribution is -0.137. The van der Waals surface area contributed by atoms with Gasteiger partial charge >= 0.3 is 6.18 Å². The molecule has 0 saturated heterocycles. The van der Waals surface area contributed by atoms with Gasteiger partial charge in [0.25, 0.3) is 0 Å². The first-order chi connectivity index (χ1) is 9.70. The maximum absolute atomic E-state index is 12.7. The molecule has 1 nitrogen and oxygen atoms in total. The quantitative estimate of drug-likeness (QED) is 0.729. The number of aryl methyl sites for hydroxylation is 1. The third-order valence-corrected chi connectivity index (χ3v) is 4.10. The Morgan fingerprint density at radius 3 is 2.33 bits per heavy atom. The van der Waals surface area contributed by atoms with Crippen LogP contribution in [0.5, 0.6) is 0 Å². The number of hydrogen-bond donors (Lipinski definition) is 1. The fourth-order valence-corrected chi connectivity index (χ4v) is 2.69. The molecular formula is C15H11BrClF3O. The van der Waals surface area contributed by atoms with Crippen LogP contribution in [0.25, 0.3) is 0 Å². The van der Waals surface area contributed by atoms with Crippen LogP contribution in [0.3, 0.4) is 0 Å². The standard InChI is InChI=1S/C15H11BrClF3O/c1-8-6-9(15(18,19)20)2-4-11(8)14(21)12-7-10(17)3-5-13(12)16/h2-7,14,21H,1H3. The molecule has 1 atom stereocenters. The number of benzene rings is 2. The van der Waals surface area contributed by atoms with Gasteiger partial charge in [0.1, 0.15) is 6.10 Å². The van der Waals surface area contributed by atoms with E-state index in [1.54, 1.807) is 18.2 Å². The summed E-state index contributed by atoms with van der Waals surface area (Å²) in [6, 6.07) is 8.19. The zero-order valence-electron chi connectivity index (χ0n) is 10.9. The molecule has 0 spiro atoms. The van der Waals surface area contributed by atoms with E-state index < -0.39 is 17.8 Å². The first-order valence-corrected chi connectivity index (χ1v) is 7.18. The van der Waals surface area contributed by atoms with Crippen LogP contribution in [0.1, 0.15) is 28.4 Å². The number of aliphatic hydroxyl groups is 1. The molecule has 112 valence electrons. The Labute approximate surface area is 133 Å². The summed E-state index contributed by atoms with van der Waals surface area (Å²) in [5, 5.41) is 10.8. The predicted octanol–water partition coefficient (Wildman–Crippen LogP) is 5.51. The van der Waals surface area contributed by atoms with Crippen LogP contribution in [0.4, 0.5) is 13.2 Å². The van der Waals surface area contributed by atoms with Crippen molar-refractivity contribution in [1.29, 1.82) is 0 Å². The Hall–Kier alpha value is -1.04. The zero-order valence-corrected chi connectivity index (χ0v) is 13.2. The van der Waals surface area contributed by atoms with Gasteiger partial charge in [-0.25, -0.2) is 0 Å². The van der Waals surface area contributed by atoms with Gasteiger partial charge in [-0.3, -0.25) is 0 Å². The molecule has 0 heterocycles. The Balaban J connectivity index is 2.44. The third-order valence-electron chi connectivity index (χ3n) is 3.14. The second-order valence-corrected chi connectivity index (χ2v) is 5.93. The van der Waals surface area contributed by atoms with Gasteiger partial charge in [0.2, 0.25) is 0 Å². The summed E-state index contributed by atoms with van der Waals surface area (Å²) in [6.45, 7) is 1.53. The van der Waals surface area contributed by atoms with Crippen LogP contribution in [-0.2, 0) is 6.18 Å². The minimum atomic E-state index is -4.40. The Kier molecular flexibility index (Phi) is 4.66. The molecule has 0 radical (unpaired) electrons. The molecule has 0 fully saturated rings. The van der Waals surface area contributed by atoms with Gasteiger partial charge in [0.05, 0.1) is 5.56 Å². The lowest BCUT2D eigenvalue weighted by Crippen LogP contribution is -2.08. The minimum absolute atomic E-state index is 0.365. The molecule has 0 amide bonds. The molecule has 2 aromatic carbocycles. The lowest BCUT2D eigenvalue weighted by Gasteiger charge is -2.17. The van der Waals surface area contributed by atoms with E-state index in [0.29, 0.717) is 26.2 Å². The van der Waals surface area contributed by atoms with Gasteiger partial charge in [0, 0.05) is 15.1 Å². The van der Waals surface area contributed by atoms with Crippen molar-refractivity contribution < 1.29 is 18.3 Å². The number of alkyl halides is 3. The van der Waals surface area contributed by atoms with Crippen molar-refractivity contribution in [2.24, 2.45) is 0 Å². The van der Waals surface area contributed by atoms with Crippen LogP contribution in [-0.4, -0.2) is 5.11 Å². The van der Waals surface area contributed by atoms with Gasteiger partial charge in [-0.05, 0) is 48.4 Å². The highest BCUT2D eigenvalue weighted by Gasteiger charge is 2.31. The monoisotopic (exact) mass is 378 g/mol. The van der Waals surface area contributed by atoms with Crippen LogP contribution < -0.4 is 0 Å². The molecule has 21 heavy (non-hydrogen) atoms. The van der Waals surface area contributed by atoms with E-state index in [9.17, 15) is 18.3 Å². The van der Waals surface area contributed by atoms with Gasteiger partial charge < -0.3 is 5.11 Å². The molecule has 2 rings (SSSR count). The molecule has 6 heteroatoms. The maximum Gasteiger partial charge on any atom is 0.416 e. The van der Waals surface area contributed by atoms with Crippen LogP contribution in [0.2, 0.25) is 5.02 Å². The summed E-state index contributed by atoms with van der Waals surface area (Å²) in [5.41, 5.74) is 0.543. The van der Waals surface area contributed by atoms with E-state index >= 15 is 0 Å². The molecule has 0 aliphatic rings. The second-order valence-electron chi connectivity index (χ2n) is 4.64. The Morgan fingerprint density at radius 1 is 1.10 bits per heavy atom. The summed E-state index contributed by atoms with van der Waals surface area (Å²) in [5.74, 6) is 0. The van der Waals surface area contributed by atoms with Crippen LogP contribution in [0.15, 0.2) is 40.9 Å². The lowest BCUT2D eigenvalue weighted by atomic mass is 9.96. The molecule has 0 aliphatic heterocycles. The van der Waals surface area contributed by atoms with E-state index in [1.165, 1.54) is 13.0 Å². The summed E-state index contributed by atoms with van der Waals surface area (Å²) < 4.78 is 38.6. The van der Waals surface area contributed by atoms with E-state index in [-0.39, 0.29) is 0 Å². The number of aliphatic hydroxyl groups excluding tert-OH is 1. The van der Waals surface area contributed by atoms with E-state index in [2.05, 4.69) is 15.9 Å². The Bertz CT molecular complexity index is 670. The van der Waals surface area contributed by atoms with Crippen molar-refractivity contribution in [3.63, 3.8) is 0 Å². The topological polar surface area (TPSA) is 20.2 Å². The number of hydrogen-bond acceptors (Lipinski definition) is 1. The van der Waals surface area contributed by atoms with E-state index in [1.807, 2.05) is 0 Å². The first-order valence-electron chi connectivity index (χ1n) is 6.01. The first kappa shape index (κ1) is 16.3. The van der Waals surface area contributed by atoms with Gasteiger partial charge in [0.15, 0.2) is 0 Å². The van der Waals surface area contributed by atoms with Crippen molar-refractivity contribution >= 4 is 27.5 Å². The molecular weight excluding hydrogens is 369 g/mol. The fraction of sp³-hybridized carbons (Fsp3) is 0.200.